The fraction of sp³-hybridized carbons (Fsp3) is 0.176. The number of ether oxygens (including phenoxy) is 1. The van der Waals surface area contributed by atoms with E-state index in [1.165, 1.54) is 24.3 Å². The molecule has 4 aromatic rings. The maximum atomic E-state index is 13.8. The summed E-state index contributed by atoms with van der Waals surface area (Å²) in [6, 6.07) is 24.7. The van der Waals surface area contributed by atoms with Crippen LogP contribution >= 0.6 is 0 Å². The van der Waals surface area contributed by atoms with E-state index in [-0.39, 0.29) is 17.7 Å². The number of halogens is 1. The van der Waals surface area contributed by atoms with Gasteiger partial charge in [-0.05, 0) is 78.6 Å². The van der Waals surface area contributed by atoms with Gasteiger partial charge in [-0.15, -0.1) is 0 Å². The predicted octanol–water partition coefficient (Wildman–Crippen LogP) is 6.51. The van der Waals surface area contributed by atoms with Crippen molar-refractivity contribution < 1.29 is 18.7 Å². The Morgan fingerprint density at radius 3 is 2.31 bits per heavy atom. The Morgan fingerprint density at radius 2 is 1.67 bits per heavy atom. The molecule has 0 unspecified atom stereocenters. The molecule has 5 rings (SSSR count). The summed E-state index contributed by atoms with van der Waals surface area (Å²) in [6.45, 7) is 6.26. The molecule has 0 fully saturated rings. The maximum absolute atomic E-state index is 13.8. The van der Waals surface area contributed by atoms with Crippen molar-refractivity contribution in [2.24, 2.45) is 5.92 Å². The van der Waals surface area contributed by atoms with Crippen molar-refractivity contribution in [3.05, 3.63) is 119 Å². The van der Waals surface area contributed by atoms with Gasteiger partial charge in [0.15, 0.2) is 0 Å². The van der Waals surface area contributed by atoms with E-state index in [0.717, 1.165) is 21.9 Å². The number of amides is 2. The van der Waals surface area contributed by atoms with Crippen LogP contribution in [0.4, 0.5) is 4.39 Å². The lowest BCUT2D eigenvalue weighted by molar-refractivity contribution is -0.141. The number of hydrogen-bond donors (Lipinski definition) is 0. The molecular formula is C34H29FN4O3. The molecule has 3 aromatic carbocycles. The van der Waals surface area contributed by atoms with Gasteiger partial charge in [-0.2, -0.15) is 10.4 Å². The van der Waals surface area contributed by atoms with Crippen molar-refractivity contribution in [1.29, 1.82) is 5.26 Å². The highest BCUT2D eigenvalue weighted by Gasteiger charge is 2.35. The van der Waals surface area contributed by atoms with E-state index in [2.05, 4.69) is 13.8 Å². The van der Waals surface area contributed by atoms with Crippen LogP contribution < -0.4 is 4.74 Å². The molecule has 42 heavy (non-hydrogen) atoms. The second kappa shape index (κ2) is 12.1. The van der Waals surface area contributed by atoms with Crippen molar-refractivity contribution in [3.8, 4) is 28.8 Å². The van der Waals surface area contributed by atoms with E-state index >= 15 is 0 Å². The highest BCUT2D eigenvalue weighted by Crippen LogP contribution is 2.32. The van der Waals surface area contributed by atoms with Crippen LogP contribution in [0.2, 0.25) is 0 Å². The first-order valence-corrected chi connectivity index (χ1v) is 13.6. The largest absolute Gasteiger partial charge is 0.493 e. The lowest BCUT2D eigenvalue weighted by Gasteiger charge is -2.27. The number of hydrogen-bond acceptors (Lipinski definition) is 5. The first kappa shape index (κ1) is 28.2. The highest BCUT2D eigenvalue weighted by atomic mass is 19.1. The average Bonchev–Trinajstić information content (AvgIpc) is 3.42. The van der Waals surface area contributed by atoms with Gasteiger partial charge in [0.25, 0.3) is 11.8 Å². The van der Waals surface area contributed by atoms with Crippen molar-refractivity contribution in [3.63, 3.8) is 0 Å². The molecule has 7 nitrogen and oxygen atoms in total. The summed E-state index contributed by atoms with van der Waals surface area (Å²) in [7, 11) is 0. The molecule has 0 saturated heterocycles. The van der Waals surface area contributed by atoms with E-state index in [9.17, 15) is 19.2 Å². The minimum Gasteiger partial charge on any atom is -0.493 e. The summed E-state index contributed by atoms with van der Waals surface area (Å²) in [4.78, 5) is 27.9. The summed E-state index contributed by atoms with van der Waals surface area (Å²) >= 11 is 0. The number of benzene rings is 3. The zero-order chi connectivity index (χ0) is 29.8. The van der Waals surface area contributed by atoms with E-state index in [4.69, 9.17) is 9.84 Å². The molecule has 0 saturated carbocycles. The second-order valence-corrected chi connectivity index (χ2v) is 10.4. The number of aromatic nitrogens is 2. The van der Waals surface area contributed by atoms with Crippen molar-refractivity contribution in [2.75, 3.05) is 6.61 Å². The number of para-hydroxylation sites is 1. The first-order chi connectivity index (χ1) is 20.2. The van der Waals surface area contributed by atoms with Crippen molar-refractivity contribution in [1.82, 2.24) is 14.7 Å². The average molecular weight is 561 g/mol. The molecule has 2 heterocycles. The quantitative estimate of drug-likeness (QED) is 0.181. The number of nitrogens with zero attached hydrogens (tertiary/aromatic N) is 4. The van der Waals surface area contributed by atoms with Crippen molar-refractivity contribution >= 4 is 17.9 Å². The fourth-order valence-electron chi connectivity index (χ4n) is 4.60. The maximum Gasteiger partial charge on any atom is 0.271 e. The number of rotatable bonds is 8. The molecule has 0 atom stereocenters. The molecule has 1 aliphatic heterocycles. The third-order valence-corrected chi connectivity index (χ3v) is 6.85. The van der Waals surface area contributed by atoms with Gasteiger partial charge in [0.1, 0.15) is 23.2 Å². The number of carbonyl (C=O) groups excluding carboxylic acids is 2. The Kier molecular flexibility index (Phi) is 8.12. The van der Waals surface area contributed by atoms with Gasteiger partial charge in [0.2, 0.25) is 0 Å². The molecule has 0 bridgehead atoms. The summed E-state index contributed by atoms with van der Waals surface area (Å²) in [6.07, 6.45) is 3.48. The van der Waals surface area contributed by atoms with Gasteiger partial charge < -0.3 is 4.74 Å². The molecule has 0 N–H and O–H groups in total. The third-order valence-electron chi connectivity index (χ3n) is 6.85. The molecule has 0 radical (unpaired) electrons. The molecule has 0 aliphatic carbocycles. The monoisotopic (exact) mass is 560 g/mol. The van der Waals surface area contributed by atoms with Crippen LogP contribution in [0.15, 0.2) is 102 Å². The number of carbonyl (C=O) groups is 2. The molecule has 1 aromatic heterocycles. The Bertz CT molecular complexity index is 1730. The molecule has 1 aliphatic rings. The normalized spacial score (nSPS) is 14.6. The molecular weight excluding hydrogens is 531 g/mol. The number of imide groups is 1. The van der Waals surface area contributed by atoms with Crippen LogP contribution in [-0.4, -0.2) is 33.1 Å². The summed E-state index contributed by atoms with van der Waals surface area (Å²) in [5.74, 6) is -0.520. The summed E-state index contributed by atoms with van der Waals surface area (Å²) in [5.41, 5.74) is 3.82. The highest BCUT2D eigenvalue weighted by molar-refractivity contribution is 6.19. The minimum absolute atomic E-state index is 0.0955. The Morgan fingerprint density at radius 1 is 0.976 bits per heavy atom. The molecule has 0 spiro atoms. The van der Waals surface area contributed by atoms with Crippen LogP contribution in [0.3, 0.4) is 0 Å². The Labute approximate surface area is 243 Å². The Hall–Kier alpha value is -5.29. The topological polar surface area (TPSA) is 88.2 Å². The van der Waals surface area contributed by atoms with Gasteiger partial charge in [0, 0.05) is 22.9 Å². The van der Waals surface area contributed by atoms with E-state index in [0.29, 0.717) is 34.9 Å². The van der Waals surface area contributed by atoms with E-state index in [1.54, 1.807) is 17.7 Å². The second-order valence-electron chi connectivity index (χ2n) is 10.4. The molecule has 8 heteroatoms. The van der Waals surface area contributed by atoms with Crippen LogP contribution in [0, 0.1) is 23.1 Å². The molecule has 2 amide bonds. The van der Waals surface area contributed by atoms with Gasteiger partial charge in [0.05, 0.1) is 24.5 Å². The van der Waals surface area contributed by atoms with Gasteiger partial charge in [-0.3, -0.25) is 14.5 Å². The van der Waals surface area contributed by atoms with Gasteiger partial charge in [-0.1, -0.05) is 44.2 Å². The van der Waals surface area contributed by atoms with E-state index < -0.39 is 17.6 Å². The first-order valence-electron chi connectivity index (χ1n) is 13.6. The van der Waals surface area contributed by atoms with Crippen LogP contribution in [0.25, 0.3) is 23.0 Å². The SMILES string of the molecule is CC1=C(C#N)C(=O)N(Cc2ccc(F)cc2)C(=O)/C1=C/c1cn(-c2ccccc2)nc1-c1ccc(OCC(C)C)cc1. The molecule has 210 valence electrons. The smallest absolute Gasteiger partial charge is 0.271 e. The zero-order valence-electron chi connectivity index (χ0n) is 23.5. The minimum atomic E-state index is -0.682. The van der Waals surface area contributed by atoms with Gasteiger partial charge in [-0.25, -0.2) is 9.07 Å². The van der Waals surface area contributed by atoms with Crippen molar-refractivity contribution in [2.45, 2.75) is 27.3 Å². The van der Waals surface area contributed by atoms with Crippen LogP contribution in [-0.2, 0) is 16.1 Å². The lowest BCUT2D eigenvalue weighted by Crippen LogP contribution is -2.42. The zero-order valence-corrected chi connectivity index (χ0v) is 23.5. The van der Waals surface area contributed by atoms with Gasteiger partial charge >= 0.3 is 0 Å². The van der Waals surface area contributed by atoms with Crippen LogP contribution in [0.5, 0.6) is 5.75 Å². The third kappa shape index (κ3) is 5.91. The number of nitriles is 1. The summed E-state index contributed by atoms with van der Waals surface area (Å²) < 4.78 is 21.0. The Balaban J connectivity index is 1.59. The lowest BCUT2D eigenvalue weighted by atomic mass is 9.93. The van der Waals surface area contributed by atoms with E-state index in [1.807, 2.05) is 66.9 Å². The van der Waals surface area contributed by atoms with Crippen LogP contribution in [0.1, 0.15) is 31.9 Å². The standard InChI is InChI=1S/C34H29FN4O3/c1-22(2)21-42-29-15-11-25(12-16-29)32-26(20-39(37-32)28-7-5-4-6-8-28)17-30-23(3)31(18-36)34(41)38(33(30)40)19-24-9-13-27(35)14-10-24/h4-17,20,22H,19,21H2,1-3H3/b30-17+. The fourth-order valence-corrected chi connectivity index (χ4v) is 4.60. The summed E-state index contributed by atoms with van der Waals surface area (Å²) in [5, 5.41) is 14.7. The predicted molar refractivity (Wildman–Crippen MR) is 158 cm³/mol.